The fourth-order valence-corrected chi connectivity index (χ4v) is 2.43. The maximum absolute atomic E-state index is 11.9. The molecule has 0 aliphatic heterocycles. The minimum absolute atomic E-state index is 0.0630. The van der Waals surface area contributed by atoms with Gasteiger partial charge in [-0.15, -0.1) is 0 Å². The van der Waals surface area contributed by atoms with Crippen LogP contribution in [-0.4, -0.2) is 29.6 Å². The molecular weight excluding hydrogens is 264 g/mol. The molecular formula is C17H24N2O2. The van der Waals surface area contributed by atoms with E-state index < -0.39 is 0 Å². The molecule has 0 aliphatic carbocycles. The summed E-state index contributed by atoms with van der Waals surface area (Å²) >= 11 is 0. The summed E-state index contributed by atoms with van der Waals surface area (Å²) in [5.74, 6) is 0.0630. The zero-order valence-corrected chi connectivity index (χ0v) is 13.0. The van der Waals surface area contributed by atoms with Crippen molar-refractivity contribution in [3.63, 3.8) is 0 Å². The van der Waals surface area contributed by atoms with Crippen molar-refractivity contribution in [3.05, 3.63) is 36.0 Å². The molecule has 0 unspecified atom stereocenters. The molecule has 2 aromatic rings. The van der Waals surface area contributed by atoms with E-state index in [-0.39, 0.29) is 11.5 Å². The molecule has 0 radical (unpaired) electrons. The van der Waals surface area contributed by atoms with Crippen molar-refractivity contribution in [2.75, 3.05) is 13.2 Å². The first-order valence-electron chi connectivity index (χ1n) is 7.47. The first kappa shape index (κ1) is 15.6. The van der Waals surface area contributed by atoms with Gasteiger partial charge in [0, 0.05) is 36.7 Å². The Hall–Kier alpha value is -1.81. The van der Waals surface area contributed by atoms with E-state index in [4.69, 9.17) is 4.74 Å². The lowest BCUT2D eigenvalue weighted by Gasteiger charge is -2.24. The molecule has 0 spiro atoms. The largest absolute Gasteiger partial charge is 0.374 e. The minimum atomic E-state index is -0.314. The van der Waals surface area contributed by atoms with Crippen molar-refractivity contribution in [1.29, 1.82) is 0 Å². The van der Waals surface area contributed by atoms with E-state index in [0.717, 1.165) is 11.9 Å². The Balaban J connectivity index is 1.84. The number of aromatic nitrogens is 1. The zero-order valence-electron chi connectivity index (χ0n) is 13.0. The highest BCUT2D eigenvalue weighted by Crippen LogP contribution is 2.18. The molecule has 2 rings (SSSR count). The fourth-order valence-electron chi connectivity index (χ4n) is 2.43. The van der Waals surface area contributed by atoms with Gasteiger partial charge in [-0.25, -0.2) is 0 Å². The van der Waals surface area contributed by atoms with Gasteiger partial charge >= 0.3 is 0 Å². The van der Waals surface area contributed by atoms with Gasteiger partial charge in [0.15, 0.2) is 0 Å². The topological polar surface area (TPSA) is 54.1 Å². The summed E-state index contributed by atoms with van der Waals surface area (Å²) in [5.41, 5.74) is 1.99. The summed E-state index contributed by atoms with van der Waals surface area (Å²) in [7, 11) is 0. The molecule has 0 fully saturated rings. The molecule has 1 aromatic carbocycles. The second kappa shape index (κ2) is 6.76. The Labute approximate surface area is 125 Å². The maximum atomic E-state index is 11.9. The summed E-state index contributed by atoms with van der Waals surface area (Å²) in [6.45, 7) is 7.11. The molecule has 0 saturated heterocycles. The Morgan fingerprint density at radius 3 is 2.86 bits per heavy atom. The van der Waals surface area contributed by atoms with Crippen LogP contribution in [0.5, 0.6) is 0 Å². The van der Waals surface area contributed by atoms with Crippen molar-refractivity contribution in [2.45, 2.75) is 39.2 Å². The zero-order chi connectivity index (χ0) is 15.3. The van der Waals surface area contributed by atoms with Crippen LogP contribution in [0.3, 0.4) is 0 Å². The lowest BCUT2D eigenvalue weighted by atomic mass is 10.1. The van der Waals surface area contributed by atoms with Crippen LogP contribution in [0.2, 0.25) is 0 Å². The Bertz CT molecular complexity index is 602. The third-order valence-corrected chi connectivity index (χ3v) is 3.54. The standard InChI is InChI=1S/C17H24N2O2/c1-4-21-17(2,3)12-19-16(20)10-9-13-11-18-15-8-6-5-7-14(13)15/h5-8,11,18H,4,9-10,12H2,1-3H3,(H,19,20). The quantitative estimate of drug-likeness (QED) is 0.823. The summed E-state index contributed by atoms with van der Waals surface area (Å²) in [4.78, 5) is 15.2. The molecule has 21 heavy (non-hydrogen) atoms. The van der Waals surface area contributed by atoms with Gasteiger partial charge in [-0.3, -0.25) is 4.79 Å². The summed E-state index contributed by atoms with van der Waals surface area (Å²) in [5, 5.41) is 4.14. The van der Waals surface area contributed by atoms with Gasteiger partial charge in [-0.1, -0.05) is 18.2 Å². The Morgan fingerprint density at radius 2 is 2.10 bits per heavy atom. The highest BCUT2D eigenvalue weighted by atomic mass is 16.5. The van der Waals surface area contributed by atoms with Gasteiger partial charge in [0.2, 0.25) is 5.91 Å². The van der Waals surface area contributed by atoms with Crippen molar-refractivity contribution < 1.29 is 9.53 Å². The van der Waals surface area contributed by atoms with Crippen LogP contribution in [0.1, 0.15) is 32.8 Å². The average Bonchev–Trinajstić information content (AvgIpc) is 2.86. The number of carbonyl (C=O) groups excluding carboxylic acids is 1. The third-order valence-electron chi connectivity index (χ3n) is 3.54. The Morgan fingerprint density at radius 1 is 1.33 bits per heavy atom. The number of hydrogen-bond donors (Lipinski definition) is 2. The molecule has 1 aromatic heterocycles. The van der Waals surface area contributed by atoms with Gasteiger partial charge < -0.3 is 15.0 Å². The normalized spacial score (nSPS) is 11.8. The number of nitrogens with one attached hydrogen (secondary N) is 2. The summed E-state index contributed by atoms with van der Waals surface area (Å²) < 4.78 is 5.57. The lowest BCUT2D eigenvalue weighted by molar-refractivity contribution is -0.122. The number of hydrogen-bond acceptors (Lipinski definition) is 2. The van der Waals surface area contributed by atoms with Gasteiger partial charge in [-0.05, 0) is 38.8 Å². The number of fused-ring (bicyclic) bond motifs is 1. The number of ether oxygens (including phenoxy) is 1. The number of benzene rings is 1. The van der Waals surface area contributed by atoms with E-state index in [0.29, 0.717) is 19.6 Å². The van der Waals surface area contributed by atoms with Crippen LogP contribution in [0, 0.1) is 0 Å². The number of rotatable bonds is 7. The van der Waals surface area contributed by atoms with Crippen molar-refractivity contribution in [2.24, 2.45) is 0 Å². The van der Waals surface area contributed by atoms with Crippen LogP contribution < -0.4 is 5.32 Å². The van der Waals surface area contributed by atoms with E-state index >= 15 is 0 Å². The van der Waals surface area contributed by atoms with Crippen molar-refractivity contribution in [3.8, 4) is 0 Å². The molecule has 4 heteroatoms. The van der Waals surface area contributed by atoms with Gasteiger partial charge in [0.05, 0.1) is 5.60 Å². The molecule has 0 saturated carbocycles. The summed E-state index contributed by atoms with van der Waals surface area (Å²) in [6.07, 6.45) is 3.22. The predicted octanol–water partition coefficient (Wildman–Crippen LogP) is 3.03. The number of aryl methyl sites for hydroxylation is 1. The number of amides is 1. The molecule has 114 valence electrons. The number of H-pyrrole nitrogens is 1. The van der Waals surface area contributed by atoms with E-state index in [1.807, 2.05) is 45.2 Å². The number of aromatic amines is 1. The molecule has 2 N–H and O–H groups in total. The van der Waals surface area contributed by atoms with Crippen LogP contribution in [0.25, 0.3) is 10.9 Å². The fraction of sp³-hybridized carbons (Fsp3) is 0.471. The smallest absolute Gasteiger partial charge is 0.220 e. The molecule has 0 atom stereocenters. The first-order chi connectivity index (χ1) is 10.0. The maximum Gasteiger partial charge on any atom is 0.220 e. The average molecular weight is 288 g/mol. The second-order valence-corrected chi connectivity index (χ2v) is 5.83. The van der Waals surface area contributed by atoms with Crippen LogP contribution in [0.15, 0.2) is 30.5 Å². The molecule has 4 nitrogen and oxygen atoms in total. The van der Waals surface area contributed by atoms with E-state index in [1.54, 1.807) is 0 Å². The molecule has 0 aliphatic rings. The van der Waals surface area contributed by atoms with Crippen LogP contribution >= 0.6 is 0 Å². The van der Waals surface area contributed by atoms with Gasteiger partial charge in [0.25, 0.3) is 0 Å². The monoisotopic (exact) mass is 288 g/mol. The van der Waals surface area contributed by atoms with Gasteiger partial charge in [0.1, 0.15) is 0 Å². The van der Waals surface area contributed by atoms with E-state index in [2.05, 4.69) is 16.4 Å². The molecule has 1 amide bonds. The highest BCUT2D eigenvalue weighted by Gasteiger charge is 2.18. The molecule has 0 bridgehead atoms. The van der Waals surface area contributed by atoms with Crippen LogP contribution in [-0.2, 0) is 16.0 Å². The van der Waals surface area contributed by atoms with Crippen molar-refractivity contribution >= 4 is 16.8 Å². The SMILES string of the molecule is CCOC(C)(C)CNC(=O)CCc1c[nH]c2ccccc12. The number of para-hydroxylation sites is 1. The van der Waals surface area contributed by atoms with E-state index in [9.17, 15) is 4.79 Å². The van der Waals surface area contributed by atoms with E-state index in [1.165, 1.54) is 10.9 Å². The number of carbonyl (C=O) groups is 1. The first-order valence-corrected chi connectivity index (χ1v) is 7.47. The summed E-state index contributed by atoms with van der Waals surface area (Å²) in [6, 6.07) is 8.15. The highest BCUT2D eigenvalue weighted by molar-refractivity contribution is 5.84. The lowest BCUT2D eigenvalue weighted by Crippen LogP contribution is -2.40. The Kier molecular flexibility index (Phi) is 5.02. The predicted molar refractivity (Wildman–Crippen MR) is 85.3 cm³/mol. The minimum Gasteiger partial charge on any atom is -0.374 e. The van der Waals surface area contributed by atoms with Crippen LogP contribution in [0.4, 0.5) is 0 Å². The van der Waals surface area contributed by atoms with Gasteiger partial charge in [-0.2, -0.15) is 0 Å². The third kappa shape index (κ3) is 4.33. The van der Waals surface area contributed by atoms with Crippen molar-refractivity contribution in [1.82, 2.24) is 10.3 Å². The molecule has 1 heterocycles. The second-order valence-electron chi connectivity index (χ2n) is 5.83.